The van der Waals surface area contributed by atoms with Crippen molar-refractivity contribution in [3.8, 4) is 0 Å². The SMILES string of the molecule is CC(=O)OCc1[nH]ccc(=O)c1C. The van der Waals surface area contributed by atoms with Gasteiger partial charge in [-0.05, 0) is 6.92 Å². The van der Waals surface area contributed by atoms with Crippen LogP contribution in [-0.4, -0.2) is 11.0 Å². The van der Waals surface area contributed by atoms with Gasteiger partial charge in [-0.2, -0.15) is 0 Å². The lowest BCUT2D eigenvalue weighted by Gasteiger charge is -2.04. The Kier molecular flexibility index (Phi) is 2.84. The summed E-state index contributed by atoms with van der Waals surface area (Å²) in [7, 11) is 0. The van der Waals surface area contributed by atoms with E-state index in [0.29, 0.717) is 11.3 Å². The number of H-pyrrole nitrogens is 1. The van der Waals surface area contributed by atoms with E-state index in [4.69, 9.17) is 4.74 Å². The maximum Gasteiger partial charge on any atom is 0.303 e. The van der Waals surface area contributed by atoms with Gasteiger partial charge in [0.15, 0.2) is 5.43 Å². The predicted octanol–water partition coefficient (Wildman–Crippen LogP) is 0.746. The topological polar surface area (TPSA) is 59.2 Å². The fourth-order valence-corrected chi connectivity index (χ4v) is 0.924. The molecule has 4 nitrogen and oxygen atoms in total. The first-order chi connectivity index (χ1) is 6.11. The summed E-state index contributed by atoms with van der Waals surface area (Å²) in [5.41, 5.74) is 1.17. The van der Waals surface area contributed by atoms with Gasteiger partial charge >= 0.3 is 5.97 Å². The Morgan fingerprint density at radius 3 is 2.92 bits per heavy atom. The van der Waals surface area contributed by atoms with Crippen molar-refractivity contribution >= 4 is 5.97 Å². The van der Waals surface area contributed by atoms with Crippen LogP contribution in [0.4, 0.5) is 0 Å². The Bertz CT molecular complexity index is 367. The van der Waals surface area contributed by atoms with E-state index in [2.05, 4.69) is 4.98 Å². The molecule has 0 spiro atoms. The van der Waals surface area contributed by atoms with E-state index < -0.39 is 0 Å². The highest BCUT2D eigenvalue weighted by Crippen LogP contribution is 1.99. The number of nitrogens with one attached hydrogen (secondary N) is 1. The van der Waals surface area contributed by atoms with Crippen LogP contribution in [0, 0.1) is 6.92 Å². The van der Waals surface area contributed by atoms with Crippen LogP contribution in [0.25, 0.3) is 0 Å². The van der Waals surface area contributed by atoms with Crippen LogP contribution in [-0.2, 0) is 16.1 Å². The van der Waals surface area contributed by atoms with Crippen LogP contribution >= 0.6 is 0 Å². The van der Waals surface area contributed by atoms with E-state index in [1.165, 1.54) is 19.2 Å². The summed E-state index contributed by atoms with van der Waals surface area (Å²) in [5.74, 6) is -0.357. The average Bonchev–Trinajstić information content (AvgIpc) is 2.07. The van der Waals surface area contributed by atoms with Gasteiger partial charge in [-0.3, -0.25) is 9.59 Å². The second-order valence-electron chi connectivity index (χ2n) is 2.73. The van der Waals surface area contributed by atoms with Crippen LogP contribution in [0.2, 0.25) is 0 Å². The Balaban J connectivity index is 2.83. The van der Waals surface area contributed by atoms with Crippen LogP contribution in [0.5, 0.6) is 0 Å². The van der Waals surface area contributed by atoms with Crippen molar-refractivity contribution in [3.63, 3.8) is 0 Å². The summed E-state index contributed by atoms with van der Waals surface area (Å²) in [6.07, 6.45) is 1.54. The molecule has 1 aromatic heterocycles. The van der Waals surface area contributed by atoms with E-state index in [0.717, 1.165) is 0 Å². The second-order valence-corrected chi connectivity index (χ2v) is 2.73. The minimum absolute atomic E-state index is 0.0547. The van der Waals surface area contributed by atoms with Gasteiger partial charge < -0.3 is 9.72 Å². The molecule has 1 N–H and O–H groups in total. The van der Waals surface area contributed by atoms with Crippen molar-refractivity contribution < 1.29 is 9.53 Å². The molecule has 0 aliphatic carbocycles. The number of carbonyl (C=O) groups excluding carboxylic acids is 1. The molecule has 13 heavy (non-hydrogen) atoms. The van der Waals surface area contributed by atoms with Crippen LogP contribution in [0.1, 0.15) is 18.2 Å². The molecule has 1 aromatic rings. The second kappa shape index (κ2) is 3.89. The van der Waals surface area contributed by atoms with E-state index >= 15 is 0 Å². The number of aromatic amines is 1. The minimum Gasteiger partial charge on any atom is -0.459 e. The first-order valence-corrected chi connectivity index (χ1v) is 3.92. The van der Waals surface area contributed by atoms with Gasteiger partial charge in [0.2, 0.25) is 0 Å². The molecule has 0 fully saturated rings. The van der Waals surface area contributed by atoms with Crippen molar-refractivity contribution in [2.45, 2.75) is 20.5 Å². The summed E-state index contributed by atoms with van der Waals surface area (Å²) in [5, 5.41) is 0. The molecule has 1 rings (SSSR count). The summed E-state index contributed by atoms with van der Waals surface area (Å²) < 4.78 is 4.75. The Hall–Kier alpha value is -1.58. The molecule has 0 unspecified atom stereocenters. The number of rotatable bonds is 2. The summed E-state index contributed by atoms with van der Waals surface area (Å²) >= 11 is 0. The van der Waals surface area contributed by atoms with Crippen molar-refractivity contribution in [3.05, 3.63) is 33.7 Å². The lowest BCUT2D eigenvalue weighted by Crippen LogP contribution is -2.11. The molecule has 0 atom stereocenters. The highest BCUT2D eigenvalue weighted by Gasteiger charge is 2.02. The third kappa shape index (κ3) is 2.43. The molecule has 1 heterocycles. The molecule has 0 saturated carbocycles. The number of carbonyl (C=O) groups is 1. The van der Waals surface area contributed by atoms with Crippen molar-refractivity contribution in [1.82, 2.24) is 4.98 Å². The Labute approximate surface area is 75.5 Å². The Morgan fingerprint density at radius 1 is 1.62 bits per heavy atom. The zero-order valence-corrected chi connectivity index (χ0v) is 7.59. The molecule has 0 saturated heterocycles. The first-order valence-electron chi connectivity index (χ1n) is 3.92. The van der Waals surface area contributed by atoms with E-state index in [1.54, 1.807) is 6.92 Å². The Morgan fingerprint density at radius 2 is 2.31 bits per heavy atom. The third-order valence-electron chi connectivity index (χ3n) is 1.73. The van der Waals surface area contributed by atoms with Crippen molar-refractivity contribution in [2.24, 2.45) is 0 Å². The highest BCUT2D eigenvalue weighted by molar-refractivity contribution is 5.65. The molecule has 0 aliphatic heterocycles. The summed E-state index contributed by atoms with van der Waals surface area (Å²) in [6, 6.07) is 1.44. The first kappa shape index (κ1) is 9.51. The van der Waals surface area contributed by atoms with Crippen molar-refractivity contribution in [2.75, 3.05) is 0 Å². The predicted molar refractivity (Wildman–Crippen MR) is 47.3 cm³/mol. The molecular weight excluding hydrogens is 170 g/mol. The van der Waals surface area contributed by atoms with Crippen molar-refractivity contribution in [1.29, 1.82) is 0 Å². The highest BCUT2D eigenvalue weighted by atomic mass is 16.5. The largest absolute Gasteiger partial charge is 0.459 e. The normalized spacial score (nSPS) is 9.69. The van der Waals surface area contributed by atoms with Gasteiger partial charge in [-0.15, -0.1) is 0 Å². The number of esters is 1. The number of hydrogen-bond acceptors (Lipinski definition) is 3. The standard InChI is InChI=1S/C9H11NO3/c1-6-8(5-13-7(2)11)10-4-3-9(6)12/h3-4H,5H2,1-2H3,(H,10,12). The average molecular weight is 181 g/mol. The summed E-state index contributed by atoms with van der Waals surface area (Å²) in [6.45, 7) is 3.14. The van der Waals surface area contributed by atoms with Gasteiger partial charge in [-0.1, -0.05) is 0 Å². The quantitative estimate of drug-likeness (QED) is 0.685. The summed E-state index contributed by atoms with van der Waals surface area (Å²) in [4.78, 5) is 24.5. The maximum absolute atomic E-state index is 11.1. The molecule has 0 aliphatic rings. The number of aromatic nitrogens is 1. The monoisotopic (exact) mass is 181 g/mol. The zero-order valence-electron chi connectivity index (χ0n) is 7.59. The maximum atomic E-state index is 11.1. The van der Waals surface area contributed by atoms with Gasteiger partial charge in [0.05, 0.1) is 5.69 Å². The van der Waals surface area contributed by atoms with Gasteiger partial charge in [0.25, 0.3) is 0 Å². The zero-order chi connectivity index (χ0) is 9.84. The van der Waals surface area contributed by atoms with Gasteiger partial charge in [0, 0.05) is 24.8 Å². The molecule has 4 heteroatoms. The molecule has 0 amide bonds. The minimum atomic E-state index is -0.357. The molecule has 0 aromatic carbocycles. The van der Waals surface area contributed by atoms with Crippen LogP contribution in [0.15, 0.2) is 17.1 Å². The van der Waals surface area contributed by atoms with E-state index in [-0.39, 0.29) is 18.0 Å². The number of ether oxygens (including phenoxy) is 1. The fraction of sp³-hybridized carbons (Fsp3) is 0.333. The lowest BCUT2D eigenvalue weighted by molar-refractivity contribution is -0.142. The van der Waals surface area contributed by atoms with E-state index in [9.17, 15) is 9.59 Å². The molecule has 70 valence electrons. The third-order valence-corrected chi connectivity index (χ3v) is 1.73. The van der Waals surface area contributed by atoms with Crippen LogP contribution in [0.3, 0.4) is 0 Å². The number of hydrogen-bond donors (Lipinski definition) is 1. The van der Waals surface area contributed by atoms with Gasteiger partial charge in [-0.25, -0.2) is 0 Å². The number of pyridine rings is 1. The van der Waals surface area contributed by atoms with Crippen LogP contribution < -0.4 is 5.43 Å². The van der Waals surface area contributed by atoms with Gasteiger partial charge in [0.1, 0.15) is 6.61 Å². The lowest BCUT2D eigenvalue weighted by atomic mass is 10.2. The molecule has 0 radical (unpaired) electrons. The molecule has 0 bridgehead atoms. The fourth-order valence-electron chi connectivity index (χ4n) is 0.924. The molecular formula is C9H11NO3. The van der Waals surface area contributed by atoms with E-state index in [1.807, 2.05) is 0 Å². The smallest absolute Gasteiger partial charge is 0.303 e.